The van der Waals surface area contributed by atoms with E-state index in [-0.39, 0.29) is 24.1 Å². The van der Waals surface area contributed by atoms with Crippen LogP contribution in [0.25, 0.3) is 0 Å². The van der Waals surface area contributed by atoms with Crippen molar-refractivity contribution in [3.63, 3.8) is 0 Å². The van der Waals surface area contributed by atoms with Gasteiger partial charge in [-0.15, -0.1) is 0 Å². The van der Waals surface area contributed by atoms with E-state index in [4.69, 9.17) is 16.3 Å². The summed E-state index contributed by atoms with van der Waals surface area (Å²) in [5.41, 5.74) is 1.13. The van der Waals surface area contributed by atoms with Gasteiger partial charge in [0.1, 0.15) is 0 Å². The minimum Gasteiger partial charge on any atom is -0.394 e. The predicted octanol–water partition coefficient (Wildman–Crippen LogP) is 2.52. The maximum Gasteiger partial charge on any atom is 0.161 e. The molecule has 1 unspecified atom stereocenters. The Morgan fingerprint density at radius 1 is 1.55 bits per heavy atom. The van der Waals surface area contributed by atoms with Crippen LogP contribution >= 0.6 is 11.6 Å². The van der Waals surface area contributed by atoms with Crippen LogP contribution in [-0.4, -0.2) is 42.3 Å². The van der Waals surface area contributed by atoms with Gasteiger partial charge in [0.25, 0.3) is 0 Å². The number of anilines is 1. The van der Waals surface area contributed by atoms with Gasteiger partial charge in [0.2, 0.25) is 0 Å². The number of Topliss-reactive ketones (excluding diaryl/α,β-unsaturated/α-hetero) is 1. The van der Waals surface area contributed by atoms with Gasteiger partial charge in [0.05, 0.1) is 23.3 Å². The molecule has 0 spiro atoms. The lowest BCUT2D eigenvalue weighted by Gasteiger charge is -2.43. The number of carbonyl (C=O) groups excluding carboxylic acids is 1. The van der Waals surface area contributed by atoms with Crippen LogP contribution in [-0.2, 0) is 4.74 Å². The van der Waals surface area contributed by atoms with Crippen LogP contribution in [0.1, 0.15) is 31.1 Å². The maximum absolute atomic E-state index is 11.4. The molecule has 1 aromatic rings. The lowest BCUT2D eigenvalue weighted by molar-refractivity contribution is -0.101. The summed E-state index contributed by atoms with van der Waals surface area (Å²) in [6.07, 6.45) is -0.218. The number of aliphatic hydroxyl groups is 1. The van der Waals surface area contributed by atoms with E-state index in [1.54, 1.807) is 12.1 Å². The zero-order chi connectivity index (χ0) is 14.9. The molecule has 0 saturated carbocycles. The molecule has 1 aliphatic heterocycles. The van der Waals surface area contributed by atoms with Gasteiger partial charge in [-0.05, 0) is 39.0 Å². The van der Waals surface area contributed by atoms with Crippen molar-refractivity contribution < 1.29 is 14.6 Å². The van der Waals surface area contributed by atoms with E-state index in [1.807, 2.05) is 19.9 Å². The summed E-state index contributed by atoms with van der Waals surface area (Å²) in [5, 5.41) is 9.80. The highest BCUT2D eigenvalue weighted by molar-refractivity contribution is 6.34. The van der Waals surface area contributed by atoms with Gasteiger partial charge in [0.15, 0.2) is 5.78 Å². The van der Waals surface area contributed by atoms with Crippen molar-refractivity contribution in [2.24, 2.45) is 0 Å². The van der Waals surface area contributed by atoms with Gasteiger partial charge < -0.3 is 14.7 Å². The molecule has 0 aliphatic carbocycles. The highest BCUT2D eigenvalue weighted by atomic mass is 35.5. The zero-order valence-electron chi connectivity index (χ0n) is 12.0. The fourth-order valence-corrected chi connectivity index (χ4v) is 2.88. The Morgan fingerprint density at radius 2 is 2.25 bits per heavy atom. The Kier molecular flexibility index (Phi) is 4.37. The molecular formula is C15H20ClNO3. The number of hydrogen-bond acceptors (Lipinski definition) is 4. The standard InChI is InChI=1S/C15H20ClNO3/c1-10(19)13-5-4-11(6-14(13)16)17-7-12(8-18)20-15(2,3)9-17/h4-6,12,18H,7-9H2,1-3H3. The average molecular weight is 298 g/mol. The number of ketones is 1. The SMILES string of the molecule is CC(=O)c1ccc(N2CC(CO)OC(C)(C)C2)cc1Cl. The minimum absolute atomic E-state index is 0.0147. The van der Waals surface area contributed by atoms with E-state index in [1.165, 1.54) is 6.92 Å². The molecule has 1 fully saturated rings. The average Bonchev–Trinajstić information content (AvgIpc) is 2.36. The predicted molar refractivity (Wildman–Crippen MR) is 79.7 cm³/mol. The molecule has 1 aromatic carbocycles. The molecule has 0 radical (unpaired) electrons. The smallest absolute Gasteiger partial charge is 0.161 e. The van der Waals surface area contributed by atoms with Crippen molar-refractivity contribution in [2.75, 3.05) is 24.6 Å². The van der Waals surface area contributed by atoms with Crippen LogP contribution < -0.4 is 4.90 Å². The topological polar surface area (TPSA) is 49.8 Å². The van der Waals surface area contributed by atoms with Gasteiger partial charge in [-0.1, -0.05) is 11.6 Å². The van der Waals surface area contributed by atoms with Crippen molar-refractivity contribution in [1.29, 1.82) is 0 Å². The molecule has 5 heteroatoms. The molecule has 1 N–H and O–H groups in total. The number of ether oxygens (including phenoxy) is 1. The number of hydrogen-bond donors (Lipinski definition) is 1. The molecular weight excluding hydrogens is 278 g/mol. The highest BCUT2D eigenvalue weighted by Gasteiger charge is 2.33. The fourth-order valence-electron chi connectivity index (χ4n) is 2.57. The number of halogens is 1. The first-order valence-corrected chi connectivity index (χ1v) is 7.04. The second kappa shape index (κ2) is 5.72. The Balaban J connectivity index is 2.26. The first kappa shape index (κ1) is 15.3. The third kappa shape index (κ3) is 3.32. The third-order valence-corrected chi connectivity index (χ3v) is 3.69. The molecule has 0 amide bonds. The largest absolute Gasteiger partial charge is 0.394 e. The van der Waals surface area contributed by atoms with Gasteiger partial charge in [-0.25, -0.2) is 0 Å². The summed E-state index contributed by atoms with van der Waals surface area (Å²) in [5.74, 6) is -0.0444. The Hall–Kier alpha value is -1.10. The first-order chi connectivity index (χ1) is 9.32. The van der Waals surface area contributed by atoms with Crippen molar-refractivity contribution in [2.45, 2.75) is 32.5 Å². The number of carbonyl (C=O) groups is 1. The molecule has 1 atom stereocenters. The van der Waals surface area contributed by atoms with E-state index in [9.17, 15) is 9.90 Å². The van der Waals surface area contributed by atoms with Gasteiger partial charge in [-0.3, -0.25) is 4.79 Å². The fraction of sp³-hybridized carbons (Fsp3) is 0.533. The molecule has 0 bridgehead atoms. The van der Waals surface area contributed by atoms with Crippen LogP contribution in [0, 0.1) is 0 Å². The summed E-state index contributed by atoms with van der Waals surface area (Å²) in [4.78, 5) is 13.5. The Labute approximate surface area is 124 Å². The van der Waals surface area contributed by atoms with Crippen molar-refractivity contribution in [3.05, 3.63) is 28.8 Å². The number of rotatable bonds is 3. The van der Waals surface area contributed by atoms with Crippen LogP contribution in [0.15, 0.2) is 18.2 Å². The summed E-state index contributed by atoms with van der Waals surface area (Å²) in [7, 11) is 0. The van der Waals surface area contributed by atoms with Crippen molar-refractivity contribution >= 4 is 23.1 Å². The maximum atomic E-state index is 11.4. The quantitative estimate of drug-likeness (QED) is 0.871. The molecule has 0 aromatic heterocycles. The number of benzene rings is 1. The van der Waals surface area contributed by atoms with E-state index in [0.717, 1.165) is 5.69 Å². The monoisotopic (exact) mass is 297 g/mol. The van der Waals surface area contributed by atoms with Crippen LogP contribution in [0.4, 0.5) is 5.69 Å². The normalized spacial score (nSPS) is 21.9. The van der Waals surface area contributed by atoms with Gasteiger partial charge in [-0.2, -0.15) is 0 Å². The number of nitrogens with zero attached hydrogens (tertiary/aromatic N) is 1. The molecule has 1 aliphatic rings. The second-order valence-corrected chi connectivity index (χ2v) is 6.19. The third-order valence-electron chi connectivity index (χ3n) is 3.38. The van der Waals surface area contributed by atoms with E-state index in [2.05, 4.69) is 4.90 Å². The Bertz CT molecular complexity index is 516. The summed E-state index contributed by atoms with van der Waals surface area (Å²) in [6.45, 7) is 6.79. The van der Waals surface area contributed by atoms with Crippen LogP contribution in [0.2, 0.25) is 5.02 Å². The highest BCUT2D eigenvalue weighted by Crippen LogP contribution is 2.29. The molecule has 1 heterocycles. The van der Waals surface area contributed by atoms with Crippen molar-refractivity contribution in [1.82, 2.24) is 0 Å². The lowest BCUT2D eigenvalue weighted by Crippen LogP contribution is -2.54. The molecule has 1 saturated heterocycles. The minimum atomic E-state index is -0.336. The van der Waals surface area contributed by atoms with Crippen molar-refractivity contribution in [3.8, 4) is 0 Å². The number of morpholine rings is 1. The molecule has 20 heavy (non-hydrogen) atoms. The molecule has 110 valence electrons. The van der Waals surface area contributed by atoms with Gasteiger partial charge in [0, 0.05) is 24.3 Å². The summed E-state index contributed by atoms with van der Waals surface area (Å²) < 4.78 is 5.79. The van der Waals surface area contributed by atoms with Crippen LogP contribution in [0.3, 0.4) is 0 Å². The summed E-state index contributed by atoms with van der Waals surface area (Å²) >= 11 is 6.16. The summed E-state index contributed by atoms with van der Waals surface area (Å²) in [6, 6.07) is 5.43. The number of aliphatic hydroxyl groups excluding tert-OH is 1. The van der Waals surface area contributed by atoms with E-state index < -0.39 is 0 Å². The molecule has 4 nitrogen and oxygen atoms in total. The first-order valence-electron chi connectivity index (χ1n) is 6.66. The second-order valence-electron chi connectivity index (χ2n) is 5.78. The zero-order valence-corrected chi connectivity index (χ0v) is 12.8. The Morgan fingerprint density at radius 3 is 2.80 bits per heavy atom. The van der Waals surface area contributed by atoms with E-state index >= 15 is 0 Å². The van der Waals surface area contributed by atoms with Crippen LogP contribution in [0.5, 0.6) is 0 Å². The van der Waals surface area contributed by atoms with E-state index in [0.29, 0.717) is 23.7 Å². The lowest BCUT2D eigenvalue weighted by atomic mass is 10.0. The molecule has 2 rings (SSSR count). The van der Waals surface area contributed by atoms with Gasteiger partial charge >= 0.3 is 0 Å².